The van der Waals surface area contributed by atoms with E-state index in [1.807, 2.05) is 24.3 Å². The van der Waals surface area contributed by atoms with Crippen LogP contribution >= 0.6 is 11.6 Å². The molecule has 1 amide bonds. The Kier molecular flexibility index (Phi) is 5.99. The third kappa shape index (κ3) is 4.68. The summed E-state index contributed by atoms with van der Waals surface area (Å²) in [5.74, 6) is 0.0158. The molecule has 6 heteroatoms. The highest BCUT2D eigenvalue weighted by Crippen LogP contribution is 2.21. The number of likely N-dealkylation sites (tertiary alicyclic amines) is 1. The first-order valence-corrected chi connectivity index (χ1v) is 7.48. The van der Waals surface area contributed by atoms with E-state index in [9.17, 15) is 4.79 Å². The Morgan fingerprint density at radius 2 is 2.38 bits per heavy atom. The lowest BCUT2D eigenvalue weighted by molar-refractivity contribution is -0.125. The molecule has 0 saturated carbocycles. The zero-order valence-electron chi connectivity index (χ0n) is 12.2. The van der Waals surface area contributed by atoms with Crippen molar-refractivity contribution in [3.05, 3.63) is 34.9 Å². The van der Waals surface area contributed by atoms with Crippen molar-refractivity contribution in [3.8, 4) is 0 Å². The molecule has 2 rings (SSSR count). The van der Waals surface area contributed by atoms with Gasteiger partial charge in [0.25, 0.3) is 0 Å². The summed E-state index contributed by atoms with van der Waals surface area (Å²) in [6, 6.07) is 7.54. The van der Waals surface area contributed by atoms with Crippen LogP contribution in [0.4, 0.5) is 0 Å². The van der Waals surface area contributed by atoms with Crippen LogP contribution in [0.25, 0.3) is 0 Å². The van der Waals surface area contributed by atoms with Gasteiger partial charge in [-0.15, -0.1) is 0 Å². The van der Waals surface area contributed by atoms with Crippen molar-refractivity contribution in [1.82, 2.24) is 10.2 Å². The molecule has 1 aromatic rings. The number of methoxy groups -OCH3 is 1. The van der Waals surface area contributed by atoms with Crippen molar-refractivity contribution in [2.24, 2.45) is 5.73 Å². The lowest BCUT2D eigenvalue weighted by atomic mass is 10.1. The molecule has 0 spiro atoms. The average Bonchev–Trinajstić information content (AvgIpc) is 2.80. The molecule has 0 aliphatic carbocycles. The van der Waals surface area contributed by atoms with Crippen LogP contribution in [-0.4, -0.2) is 49.7 Å². The monoisotopic (exact) mass is 311 g/mol. The second-order valence-corrected chi connectivity index (χ2v) is 5.79. The van der Waals surface area contributed by atoms with Crippen LogP contribution in [0.3, 0.4) is 0 Å². The van der Waals surface area contributed by atoms with Gasteiger partial charge in [0, 0.05) is 37.8 Å². The first-order valence-electron chi connectivity index (χ1n) is 7.11. The standard InChI is InChI=1S/C15H22ClN3O2/c1-21-6-5-18-15(20)14-8-13(17)10-19(14)9-11-3-2-4-12(16)7-11/h2-4,7,13-14H,5-6,8-10,17H2,1H3,(H,18,20)/t13-,14-/m0/s1. The lowest BCUT2D eigenvalue weighted by Crippen LogP contribution is -2.43. The van der Waals surface area contributed by atoms with Crippen molar-refractivity contribution in [2.75, 3.05) is 26.8 Å². The smallest absolute Gasteiger partial charge is 0.237 e. The maximum Gasteiger partial charge on any atom is 0.237 e. The molecule has 116 valence electrons. The molecule has 21 heavy (non-hydrogen) atoms. The molecule has 1 aliphatic heterocycles. The molecule has 1 heterocycles. The molecule has 1 aliphatic rings. The number of hydrogen-bond acceptors (Lipinski definition) is 4. The van der Waals surface area contributed by atoms with E-state index in [1.165, 1.54) is 0 Å². The van der Waals surface area contributed by atoms with Gasteiger partial charge in [0.1, 0.15) is 0 Å². The second-order valence-electron chi connectivity index (χ2n) is 5.35. The van der Waals surface area contributed by atoms with Gasteiger partial charge in [0.05, 0.1) is 12.6 Å². The largest absolute Gasteiger partial charge is 0.383 e. The van der Waals surface area contributed by atoms with Crippen LogP contribution in [0.1, 0.15) is 12.0 Å². The Morgan fingerprint density at radius 3 is 3.10 bits per heavy atom. The number of nitrogens with one attached hydrogen (secondary N) is 1. The lowest BCUT2D eigenvalue weighted by Gasteiger charge is -2.23. The fourth-order valence-electron chi connectivity index (χ4n) is 2.65. The molecule has 1 aromatic carbocycles. The summed E-state index contributed by atoms with van der Waals surface area (Å²) in [6.45, 7) is 2.43. The Hall–Kier alpha value is -1.14. The van der Waals surface area contributed by atoms with E-state index in [2.05, 4.69) is 10.2 Å². The number of rotatable bonds is 6. The first-order chi connectivity index (χ1) is 10.1. The predicted molar refractivity (Wildman–Crippen MR) is 83.1 cm³/mol. The topological polar surface area (TPSA) is 67.6 Å². The molecule has 0 bridgehead atoms. The molecule has 0 unspecified atom stereocenters. The number of halogens is 1. The highest BCUT2D eigenvalue weighted by atomic mass is 35.5. The maximum atomic E-state index is 12.2. The summed E-state index contributed by atoms with van der Waals surface area (Å²) >= 11 is 6.01. The number of amides is 1. The number of nitrogens with two attached hydrogens (primary N) is 1. The predicted octanol–water partition coefficient (Wildman–Crippen LogP) is 1.00. The van der Waals surface area contributed by atoms with Gasteiger partial charge in [-0.05, 0) is 24.1 Å². The molecule has 1 fully saturated rings. The third-order valence-corrected chi connectivity index (χ3v) is 3.85. The van der Waals surface area contributed by atoms with Crippen LogP contribution in [0.2, 0.25) is 5.02 Å². The normalized spacial score (nSPS) is 22.4. The average molecular weight is 312 g/mol. The van der Waals surface area contributed by atoms with E-state index >= 15 is 0 Å². The Morgan fingerprint density at radius 1 is 1.57 bits per heavy atom. The first kappa shape index (κ1) is 16.2. The Balaban J connectivity index is 1.97. The summed E-state index contributed by atoms with van der Waals surface area (Å²) in [6.07, 6.45) is 0.680. The number of ether oxygens (including phenoxy) is 1. The van der Waals surface area contributed by atoms with Gasteiger partial charge in [-0.3, -0.25) is 9.69 Å². The summed E-state index contributed by atoms with van der Waals surface area (Å²) < 4.78 is 4.94. The van der Waals surface area contributed by atoms with Crippen LogP contribution in [-0.2, 0) is 16.1 Å². The molecule has 3 N–H and O–H groups in total. The van der Waals surface area contributed by atoms with Gasteiger partial charge in [0.2, 0.25) is 5.91 Å². The van der Waals surface area contributed by atoms with Gasteiger partial charge < -0.3 is 15.8 Å². The molecular weight excluding hydrogens is 290 g/mol. The van der Waals surface area contributed by atoms with Gasteiger partial charge >= 0.3 is 0 Å². The molecular formula is C15H22ClN3O2. The minimum absolute atomic E-state index is 0.0158. The Bertz CT molecular complexity index is 484. The highest BCUT2D eigenvalue weighted by Gasteiger charge is 2.34. The van der Waals surface area contributed by atoms with E-state index in [0.717, 1.165) is 12.1 Å². The Labute approximate surface area is 130 Å². The minimum atomic E-state index is -0.184. The van der Waals surface area contributed by atoms with Crippen molar-refractivity contribution >= 4 is 17.5 Å². The van der Waals surface area contributed by atoms with E-state index in [0.29, 0.717) is 31.1 Å². The number of benzene rings is 1. The van der Waals surface area contributed by atoms with Crippen LogP contribution in [0.15, 0.2) is 24.3 Å². The number of carbonyl (C=O) groups excluding carboxylic acids is 1. The summed E-state index contributed by atoms with van der Waals surface area (Å²) in [7, 11) is 1.61. The molecule has 0 aromatic heterocycles. The van der Waals surface area contributed by atoms with Crippen molar-refractivity contribution < 1.29 is 9.53 Å². The van der Waals surface area contributed by atoms with Crippen molar-refractivity contribution in [3.63, 3.8) is 0 Å². The minimum Gasteiger partial charge on any atom is -0.383 e. The second kappa shape index (κ2) is 7.75. The van der Waals surface area contributed by atoms with Gasteiger partial charge in [0.15, 0.2) is 0 Å². The van der Waals surface area contributed by atoms with Gasteiger partial charge in [-0.25, -0.2) is 0 Å². The summed E-state index contributed by atoms with van der Waals surface area (Å²) in [4.78, 5) is 14.4. The zero-order chi connectivity index (χ0) is 15.2. The quantitative estimate of drug-likeness (QED) is 0.769. The maximum absolute atomic E-state index is 12.2. The van der Waals surface area contributed by atoms with E-state index in [-0.39, 0.29) is 18.0 Å². The summed E-state index contributed by atoms with van der Waals surface area (Å²) in [5.41, 5.74) is 7.11. The van der Waals surface area contributed by atoms with E-state index < -0.39 is 0 Å². The number of carbonyl (C=O) groups is 1. The van der Waals surface area contributed by atoms with Gasteiger partial charge in [-0.2, -0.15) is 0 Å². The fourth-order valence-corrected chi connectivity index (χ4v) is 2.86. The van der Waals surface area contributed by atoms with E-state index in [1.54, 1.807) is 7.11 Å². The summed E-state index contributed by atoms with van der Waals surface area (Å²) in [5, 5.41) is 3.59. The SMILES string of the molecule is COCCNC(=O)[C@@H]1C[C@H](N)CN1Cc1cccc(Cl)c1. The molecule has 2 atom stereocenters. The van der Waals surface area contributed by atoms with Crippen LogP contribution in [0, 0.1) is 0 Å². The zero-order valence-corrected chi connectivity index (χ0v) is 13.0. The van der Waals surface area contributed by atoms with Crippen molar-refractivity contribution in [1.29, 1.82) is 0 Å². The fraction of sp³-hybridized carbons (Fsp3) is 0.533. The third-order valence-electron chi connectivity index (χ3n) is 3.62. The number of hydrogen-bond donors (Lipinski definition) is 2. The molecule has 0 radical (unpaired) electrons. The number of nitrogens with zero attached hydrogens (tertiary/aromatic N) is 1. The van der Waals surface area contributed by atoms with Crippen LogP contribution in [0.5, 0.6) is 0 Å². The van der Waals surface area contributed by atoms with Crippen LogP contribution < -0.4 is 11.1 Å². The highest BCUT2D eigenvalue weighted by molar-refractivity contribution is 6.30. The van der Waals surface area contributed by atoms with Gasteiger partial charge in [-0.1, -0.05) is 23.7 Å². The molecule has 1 saturated heterocycles. The van der Waals surface area contributed by atoms with E-state index in [4.69, 9.17) is 22.1 Å². The van der Waals surface area contributed by atoms with Crippen molar-refractivity contribution in [2.45, 2.75) is 25.0 Å². The molecule has 5 nitrogen and oxygen atoms in total.